The van der Waals surface area contributed by atoms with Gasteiger partial charge in [-0.1, -0.05) is 36.4 Å². The standard InChI is InChI=1S/C46H36N6/c1-29-14-15-30(2)49(29)34-18-20-44-40(27-34)38-10-5-7-12-42(38)51(44)36-24-33(46-47-22-9-23-48-46)25-37(26-36)52-43-13-8-6-11-39(43)41-28-35(19-21-45(41)52)50-31(3)16-17-32(50)4/h5-28H,1-4H3. The molecule has 5 heterocycles. The van der Waals surface area contributed by atoms with Crippen LogP contribution in [-0.4, -0.2) is 28.2 Å². The van der Waals surface area contributed by atoms with Gasteiger partial charge in [0, 0.05) is 85.0 Å². The maximum atomic E-state index is 4.72. The lowest BCUT2D eigenvalue weighted by Crippen LogP contribution is -2.02. The second-order valence-corrected chi connectivity index (χ2v) is 13.8. The number of benzene rings is 5. The number of hydrogen-bond acceptors (Lipinski definition) is 2. The Hall–Kier alpha value is -6.66. The molecule has 5 aromatic carbocycles. The maximum Gasteiger partial charge on any atom is 0.159 e. The molecule has 0 aliphatic heterocycles. The van der Waals surface area contributed by atoms with Crippen molar-refractivity contribution in [3.63, 3.8) is 0 Å². The molecular formula is C46H36N6. The van der Waals surface area contributed by atoms with Crippen LogP contribution in [0.2, 0.25) is 0 Å². The van der Waals surface area contributed by atoms with Crippen molar-refractivity contribution in [2.45, 2.75) is 27.7 Å². The lowest BCUT2D eigenvalue weighted by Gasteiger charge is -2.16. The molecule has 0 atom stereocenters. The zero-order valence-electron chi connectivity index (χ0n) is 29.5. The Kier molecular flexibility index (Phi) is 6.64. The molecule has 6 nitrogen and oxygen atoms in total. The van der Waals surface area contributed by atoms with Crippen LogP contribution in [0.1, 0.15) is 22.8 Å². The molecule has 250 valence electrons. The van der Waals surface area contributed by atoms with Crippen LogP contribution >= 0.6 is 0 Å². The largest absolute Gasteiger partial charge is 0.318 e. The molecule has 0 spiro atoms. The summed E-state index contributed by atoms with van der Waals surface area (Å²) >= 11 is 0. The molecule has 0 unspecified atom stereocenters. The van der Waals surface area contributed by atoms with Gasteiger partial charge >= 0.3 is 0 Å². The minimum Gasteiger partial charge on any atom is -0.318 e. The van der Waals surface area contributed by atoms with Crippen molar-refractivity contribution < 1.29 is 0 Å². The lowest BCUT2D eigenvalue weighted by atomic mass is 10.1. The molecule has 6 heteroatoms. The molecule has 0 aliphatic carbocycles. The van der Waals surface area contributed by atoms with Gasteiger partial charge in [-0.25, -0.2) is 9.97 Å². The van der Waals surface area contributed by atoms with Gasteiger partial charge in [0.25, 0.3) is 0 Å². The van der Waals surface area contributed by atoms with E-state index in [4.69, 9.17) is 9.97 Å². The summed E-state index contributed by atoms with van der Waals surface area (Å²) in [7, 11) is 0. The number of aromatic nitrogens is 6. The second-order valence-electron chi connectivity index (χ2n) is 13.8. The van der Waals surface area contributed by atoms with Gasteiger partial charge in [0.2, 0.25) is 0 Å². The van der Waals surface area contributed by atoms with E-state index in [1.165, 1.54) is 44.3 Å². The SMILES string of the molecule is Cc1ccc(C)n1-c1ccc2c(c1)c1ccccc1n2-c1cc(-c2ncccn2)cc(-n2c3ccccc3c3cc(-n4c(C)ccc4C)ccc32)c1. The van der Waals surface area contributed by atoms with Gasteiger partial charge in [-0.3, -0.25) is 0 Å². The smallest absolute Gasteiger partial charge is 0.159 e. The molecular weight excluding hydrogens is 637 g/mol. The number of hydrogen-bond donors (Lipinski definition) is 0. The fraction of sp³-hybridized carbons (Fsp3) is 0.0870. The van der Waals surface area contributed by atoms with Crippen LogP contribution in [0.4, 0.5) is 0 Å². The summed E-state index contributed by atoms with van der Waals surface area (Å²) in [5.41, 5.74) is 14.9. The number of para-hydroxylation sites is 2. The average molecular weight is 673 g/mol. The molecule has 52 heavy (non-hydrogen) atoms. The highest BCUT2D eigenvalue weighted by Gasteiger charge is 2.19. The summed E-state index contributed by atoms with van der Waals surface area (Å²) in [5.74, 6) is 0.689. The topological polar surface area (TPSA) is 45.5 Å². The highest BCUT2D eigenvalue weighted by atomic mass is 15.0. The number of fused-ring (bicyclic) bond motifs is 6. The molecule has 0 N–H and O–H groups in total. The highest BCUT2D eigenvalue weighted by molar-refractivity contribution is 6.11. The van der Waals surface area contributed by atoms with Crippen molar-refractivity contribution in [2.24, 2.45) is 0 Å². The van der Waals surface area contributed by atoms with Crippen LogP contribution < -0.4 is 0 Å². The number of aryl methyl sites for hydroxylation is 4. The first kappa shape index (κ1) is 30.2. The third-order valence-corrected chi connectivity index (χ3v) is 10.6. The van der Waals surface area contributed by atoms with E-state index in [1.807, 2.05) is 18.5 Å². The predicted molar refractivity (Wildman–Crippen MR) is 214 cm³/mol. The van der Waals surface area contributed by atoms with Gasteiger partial charge in [-0.2, -0.15) is 0 Å². The monoisotopic (exact) mass is 672 g/mol. The molecule has 5 aromatic heterocycles. The van der Waals surface area contributed by atoms with Gasteiger partial charge in [-0.15, -0.1) is 0 Å². The van der Waals surface area contributed by atoms with Crippen molar-refractivity contribution >= 4 is 43.6 Å². The minimum absolute atomic E-state index is 0.689. The molecule has 0 radical (unpaired) electrons. The molecule has 10 aromatic rings. The van der Waals surface area contributed by atoms with E-state index in [0.29, 0.717) is 5.82 Å². The van der Waals surface area contributed by atoms with E-state index in [-0.39, 0.29) is 0 Å². The van der Waals surface area contributed by atoms with Crippen molar-refractivity contribution in [1.82, 2.24) is 28.2 Å². The third kappa shape index (κ3) is 4.50. The molecule has 10 rings (SSSR count). The number of rotatable bonds is 5. The molecule has 0 fully saturated rings. The summed E-state index contributed by atoms with van der Waals surface area (Å²) in [5, 5.41) is 4.85. The fourth-order valence-electron chi connectivity index (χ4n) is 8.34. The molecule has 0 saturated heterocycles. The van der Waals surface area contributed by atoms with E-state index < -0.39 is 0 Å². The second kappa shape index (κ2) is 11.4. The van der Waals surface area contributed by atoms with Crippen LogP contribution in [0.15, 0.2) is 146 Å². The van der Waals surface area contributed by atoms with Gasteiger partial charge in [0.05, 0.1) is 22.1 Å². The van der Waals surface area contributed by atoms with Crippen molar-refractivity contribution in [1.29, 1.82) is 0 Å². The molecule has 0 bridgehead atoms. The summed E-state index contributed by atoms with van der Waals surface area (Å²) < 4.78 is 9.43. The summed E-state index contributed by atoms with van der Waals surface area (Å²) in [4.78, 5) is 9.44. The van der Waals surface area contributed by atoms with Crippen LogP contribution in [0.3, 0.4) is 0 Å². The van der Waals surface area contributed by atoms with Crippen LogP contribution in [-0.2, 0) is 0 Å². The van der Waals surface area contributed by atoms with Crippen LogP contribution in [0.5, 0.6) is 0 Å². The van der Waals surface area contributed by atoms with Crippen LogP contribution in [0.25, 0.3) is 77.7 Å². The quantitative estimate of drug-likeness (QED) is 0.183. The lowest BCUT2D eigenvalue weighted by molar-refractivity contribution is 0.967. The minimum atomic E-state index is 0.689. The van der Waals surface area contributed by atoms with Gasteiger partial charge < -0.3 is 18.3 Å². The van der Waals surface area contributed by atoms with Gasteiger partial charge in [0.15, 0.2) is 5.82 Å². The van der Waals surface area contributed by atoms with Crippen molar-refractivity contribution in [3.8, 4) is 34.1 Å². The summed E-state index contributed by atoms with van der Waals surface area (Å²) in [6.07, 6.45) is 3.63. The Labute approximate surface area is 301 Å². The third-order valence-electron chi connectivity index (χ3n) is 10.6. The average Bonchev–Trinajstić information content (AvgIpc) is 3.90. The first-order valence-corrected chi connectivity index (χ1v) is 17.7. The Balaban J connectivity index is 1.26. The highest BCUT2D eigenvalue weighted by Crippen LogP contribution is 2.39. The van der Waals surface area contributed by atoms with E-state index in [2.05, 4.69) is 173 Å². The zero-order chi connectivity index (χ0) is 35.1. The first-order chi connectivity index (χ1) is 25.4. The molecule has 0 saturated carbocycles. The predicted octanol–water partition coefficient (Wildman–Crippen LogP) is 11.2. The van der Waals surface area contributed by atoms with E-state index in [0.717, 1.165) is 50.4 Å². The normalized spacial score (nSPS) is 11.8. The Bertz CT molecular complexity index is 2780. The zero-order valence-corrected chi connectivity index (χ0v) is 29.5. The van der Waals surface area contributed by atoms with Crippen molar-refractivity contribution in [3.05, 3.63) is 169 Å². The van der Waals surface area contributed by atoms with E-state index >= 15 is 0 Å². The summed E-state index contributed by atoms with van der Waals surface area (Å²) in [6.45, 7) is 8.66. The maximum absolute atomic E-state index is 4.72. The Morgan fingerprint density at radius 1 is 0.346 bits per heavy atom. The van der Waals surface area contributed by atoms with E-state index in [1.54, 1.807) is 0 Å². The van der Waals surface area contributed by atoms with Crippen LogP contribution in [0, 0.1) is 27.7 Å². The molecule has 0 amide bonds. The Morgan fingerprint density at radius 2 is 0.769 bits per heavy atom. The van der Waals surface area contributed by atoms with Gasteiger partial charge in [-0.05, 0) is 125 Å². The van der Waals surface area contributed by atoms with Gasteiger partial charge in [0.1, 0.15) is 0 Å². The summed E-state index contributed by atoms with van der Waals surface area (Å²) in [6, 6.07) is 48.4. The molecule has 0 aliphatic rings. The first-order valence-electron chi connectivity index (χ1n) is 17.7. The van der Waals surface area contributed by atoms with E-state index in [9.17, 15) is 0 Å². The van der Waals surface area contributed by atoms with Crippen molar-refractivity contribution in [2.75, 3.05) is 0 Å². The number of nitrogens with zero attached hydrogens (tertiary/aromatic N) is 6. The fourth-order valence-corrected chi connectivity index (χ4v) is 8.34. The Morgan fingerprint density at radius 3 is 1.23 bits per heavy atom.